The van der Waals surface area contributed by atoms with Crippen molar-refractivity contribution in [1.29, 1.82) is 0 Å². The second kappa shape index (κ2) is 6.20. The molecule has 1 aromatic carbocycles. The van der Waals surface area contributed by atoms with Gasteiger partial charge in [-0.3, -0.25) is 0 Å². The molecule has 0 atom stereocenters. The lowest BCUT2D eigenvalue weighted by atomic mass is 10.4. The van der Waals surface area contributed by atoms with E-state index in [0.29, 0.717) is 11.6 Å². The van der Waals surface area contributed by atoms with Crippen LogP contribution in [0.25, 0.3) is 0 Å². The van der Waals surface area contributed by atoms with Gasteiger partial charge in [0.25, 0.3) is 0 Å². The molecule has 0 saturated heterocycles. The Bertz CT molecular complexity index is 434. The predicted molar refractivity (Wildman–Crippen MR) is 65.2 cm³/mol. The van der Waals surface area contributed by atoms with Crippen LogP contribution >= 0.6 is 11.6 Å². The summed E-state index contributed by atoms with van der Waals surface area (Å²) in [6.45, 7) is 1.19. The summed E-state index contributed by atoms with van der Waals surface area (Å²) in [4.78, 5) is 0.199. The molecule has 4 nitrogen and oxygen atoms in total. The number of benzene rings is 1. The van der Waals surface area contributed by atoms with Gasteiger partial charge in [-0.25, -0.2) is 13.1 Å². The summed E-state index contributed by atoms with van der Waals surface area (Å²) in [7, 11) is -1.60. The highest BCUT2D eigenvalue weighted by Crippen LogP contribution is 2.14. The lowest BCUT2D eigenvalue weighted by Crippen LogP contribution is -2.26. The third kappa shape index (κ3) is 4.09. The lowest BCUT2D eigenvalue weighted by molar-refractivity contribution is 0.577. The van der Waals surface area contributed by atoms with Crippen molar-refractivity contribution in [3.05, 3.63) is 29.3 Å². The van der Waals surface area contributed by atoms with Crippen molar-refractivity contribution in [1.82, 2.24) is 10.0 Å². The van der Waals surface area contributed by atoms with E-state index in [1.807, 2.05) is 7.05 Å². The number of nitrogens with one attached hydrogen (secondary N) is 2. The number of halogens is 1. The molecule has 0 aliphatic rings. The second-order valence-corrected chi connectivity index (χ2v) is 5.52. The van der Waals surface area contributed by atoms with Crippen LogP contribution in [0.1, 0.15) is 6.42 Å². The van der Waals surface area contributed by atoms with Gasteiger partial charge in [0.15, 0.2) is 0 Å². The van der Waals surface area contributed by atoms with E-state index in [1.54, 1.807) is 12.1 Å². The average molecular weight is 263 g/mol. The van der Waals surface area contributed by atoms with Gasteiger partial charge in [0.2, 0.25) is 10.0 Å². The lowest BCUT2D eigenvalue weighted by Gasteiger charge is -2.06. The summed E-state index contributed by atoms with van der Waals surface area (Å²) >= 11 is 5.73. The van der Waals surface area contributed by atoms with Gasteiger partial charge < -0.3 is 5.32 Å². The van der Waals surface area contributed by atoms with Crippen molar-refractivity contribution < 1.29 is 8.42 Å². The van der Waals surface area contributed by atoms with Gasteiger partial charge in [0.05, 0.1) is 4.90 Å². The van der Waals surface area contributed by atoms with E-state index in [1.165, 1.54) is 12.1 Å². The topological polar surface area (TPSA) is 58.2 Å². The average Bonchev–Trinajstić information content (AvgIpc) is 2.24. The normalized spacial score (nSPS) is 11.6. The highest BCUT2D eigenvalue weighted by molar-refractivity contribution is 7.89. The van der Waals surface area contributed by atoms with Crippen molar-refractivity contribution in [2.24, 2.45) is 0 Å². The molecule has 2 N–H and O–H groups in total. The van der Waals surface area contributed by atoms with Crippen molar-refractivity contribution in [3.63, 3.8) is 0 Å². The Balaban J connectivity index is 2.64. The van der Waals surface area contributed by atoms with E-state index < -0.39 is 10.0 Å². The highest BCUT2D eigenvalue weighted by atomic mass is 35.5. The molecular formula is C10H15ClN2O2S. The van der Waals surface area contributed by atoms with Crippen LogP contribution in [-0.4, -0.2) is 28.6 Å². The molecule has 0 bridgehead atoms. The molecule has 0 amide bonds. The maximum Gasteiger partial charge on any atom is 0.240 e. The Kier molecular flexibility index (Phi) is 5.21. The van der Waals surface area contributed by atoms with Gasteiger partial charge >= 0.3 is 0 Å². The van der Waals surface area contributed by atoms with Crippen LogP contribution in [0.3, 0.4) is 0 Å². The molecule has 0 saturated carbocycles. The summed E-state index contributed by atoms with van der Waals surface area (Å²) in [6, 6.07) is 6.21. The van der Waals surface area contributed by atoms with E-state index in [0.717, 1.165) is 13.0 Å². The second-order valence-electron chi connectivity index (χ2n) is 3.31. The molecule has 90 valence electrons. The minimum absolute atomic E-state index is 0.199. The quantitative estimate of drug-likeness (QED) is 0.758. The Morgan fingerprint density at radius 1 is 1.31 bits per heavy atom. The first-order chi connectivity index (χ1) is 7.56. The number of hydrogen-bond donors (Lipinski definition) is 2. The van der Waals surface area contributed by atoms with E-state index in [4.69, 9.17) is 11.6 Å². The first-order valence-corrected chi connectivity index (χ1v) is 6.82. The van der Waals surface area contributed by atoms with Crippen LogP contribution in [0.5, 0.6) is 0 Å². The first kappa shape index (κ1) is 13.4. The van der Waals surface area contributed by atoms with E-state index in [9.17, 15) is 8.42 Å². The Labute approximate surface area is 101 Å². The van der Waals surface area contributed by atoms with Crippen LogP contribution in [0.4, 0.5) is 0 Å². The molecule has 0 aliphatic carbocycles. The Hall–Kier alpha value is -0.620. The largest absolute Gasteiger partial charge is 0.320 e. The monoisotopic (exact) mass is 262 g/mol. The fourth-order valence-corrected chi connectivity index (χ4v) is 2.56. The molecule has 16 heavy (non-hydrogen) atoms. The molecule has 0 heterocycles. The van der Waals surface area contributed by atoms with Crippen LogP contribution < -0.4 is 10.0 Å². The molecule has 1 rings (SSSR count). The highest BCUT2D eigenvalue weighted by Gasteiger charge is 2.12. The predicted octanol–water partition coefficient (Wildman–Crippen LogP) is 1.23. The number of hydrogen-bond acceptors (Lipinski definition) is 3. The zero-order valence-corrected chi connectivity index (χ0v) is 10.6. The first-order valence-electron chi connectivity index (χ1n) is 4.96. The van der Waals surface area contributed by atoms with Gasteiger partial charge in [0.1, 0.15) is 0 Å². The van der Waals surface area contributed by atoms with Crippen molar-refractivity contribution >= 4 is 21.6 Å². The van der Waals surface area contributed by atoms with Crippen LogP contribution in [0.15, 0.2) is 29.2 Å². The molecule has 0 unspecified atom stereocenters. The summed E-state index contributed by atoms with van der Waals surface area (Å²) in [6.07, 6.45) is 0.746. The third-order valence-corrected chi connectivity index (χ3v) is 3.70. The van der Waals surface area contributed by atoms with Gasteiger partial charge in [-0.1, -0.05) is 17.7 Å². The van der Waals surface area contributed by atoms with Gasteiger partial charge in [0, 0.05) is 11.6 Å². The van der Waals surface area contributed by atoms with Crippen molar-refractivity contribution in [3.8, 4) is 0 Å². The van der Waals surface area contributed by atoms with Crippen molar-refractivity contribution in [2.75, 3.05) is 20.1 Å². The van der Waals surface area contributed by atoms with Crippen LogP contribution in [0, 0.1) is 0 Å². The number of sulfonamides is 1. The molecule has 0 fully saturated rings. The Morgan fingerprint density at radius 3 is 2.69 bits per heavy atom. The molecule has 6 heteroatoms. The van der Waals surface area contributed by atoms with Gasteiger partial charge in [-0.15, -0.1) is 0 Å². The van der Waals surface area contributed by atoms with Crippen LogP contribution in [0.2, 0.25) is 5.02 Å². The standard InChI is InChI=1S/C10H15ClN2O2S/c1-12-6-3-7-13-16(14,15)10-5-2-4-9(11)8-10/h2,4-5,8,12-13H,3,6-7H2,1H3. The molecule has 0 radical (unpaired) electrons. The fourth-order valence-electron chi connectivity index (χ4n) is 1.19. The van der Waals surface area contributed by atoms with Gasteiger partial charge in [-0.2, -0.15) is 0 Å². The van der Waals surface area contributed by atoms with E-state index in [-0.39, 0.29) is 4.90 Å². The molecule has 1 aromatic rings. The zero-order chi connectivity index (χ0) is 12.0. The van der Waals surface area contributed by atoms with E-state index >= 15 is 0 Å². The summed E-state index contributed by atoms with van der Waals surface area (Å²) in [5.41, 5.74) is 0. The maximum absolute atomic E-state index is 11.8. The summed E-state index contributed by atoms with van der Waals surface area (Å²) < 4.78 is 26.0. The van der Waals surface area contributed by atoms with E-state index in [2.05, 4.69) is 10.0 Å². The Morgan fingerprint density at radius 2 is 2.06 bits per heavy atom. The smallest absolute Gasteiger partial charge is 0.240 e. The SMILES string of the molecule is CNCCCNS(=O)(=O)c1cccc(Cl)c1. The minimum Gasteiger partial charge on any atom is -0.320 e. The van der Waals surface area contributed by atoms with Crippen LogP contribution in [-0.2, 0) is 10.0 Å². The maximum atomic E-state index is 11.8. The summed E-state index contributed by atoms with van der Waals surface area (Å²) in [5, 5.41) is 3.36. The minimum atomic E-state index is -3.43. The fraction of sp³-hybridized carbons (Fsp3) is 0.400. The molecular weight excluding hydrogens is 248 g/mol. The molecule has 0 aliphatic heterocycles. The molecule has 0 spiro atoms. The number of rotatable bonds is 6. The summed E-state index contributed by atoms with van der Waals surface area (Å²) in [5.74, 6) is 0. The molecule has 0 aromatic heterocycles. The zero-order valence-electron chi connectivity index (χ0n) is 9.03. The van der Waals surface area contributed by atoms with Gasteiger partial charge in [-0.05, 0) is 38.2 Å². The van der Waals surface area contributed by atoms with Crippen molar-refractivity contribution in [2.45, 2.75) is 11.3 Å². The third-order valence-electron chi connectivity index (χ3n) is 2.00.